The van der Waals surface area contributed by atoms with Gasteiger partial charge >= 0.3 is 0 Å². The van der Waals surface area contributed by atoms with Gasteiger partial charge in [0, 0.05) is 52.0 Å². The molecule has 238 valence electrons. The van der Waals surface area contributed by atoms with Crippen LogP contribution >= 0.6 is 0 Å². The minimum atomic E-state index is -2.91. The van der Waals surface area contributed by atoms with Crippen LogP contribution in [0.4, 0.5) is 26.6 Å². The summed E-state index contributed by atoms with van der Waals surface area (Å²) in [5.74, 6) is 0.329. The number of piperidine rings is 1. The fourth-order valence-electron chi connectivity index (χ4n) is 5.52. The van der Waals surface area contributed by atoms with E-state index in [2.05, 4.69) is 26.5 Å². The summed E-state index contributed by atoms with van der Waals surface area (Å²) in [5.41, 5.74) is 5.01. The van der Waals surface area contributed by atoms with Crippen molar-refractivity contribution in [2.75, 3.05) is 81.2 Å². The molecule has 5 heterocycles. The van der Waals surface area contributed by atoms with E-state index in [9.17, 15) is 18.4 Å². The van der Waals surface area contributed by atoms with Crippen LogP contribution in [-0.2, 0) is 19.1 Å². The van der Waals surface area contributed by atoms with Gasteiger partial charge < -0.3 is 34.8 Å². The quantitative estimate of drug-likeness (QED) is 0.404. The molecule has 0 bridgehead atoms. The highest BCUT2D eigenvalue weighted by molar-refractivity contribution is 5.87. The van der Waals surface area contributed by atoms with E-state index in [-0.39, 0.29) is 47.7 Å². The highest BCUT2D eigenvalue weighted by atomic mass is 19.3. The summed E-state index contributed by atoms with van der Waals surface area (Å²) in [6.07, 6.45) is 1.36. The summed E-state index contributed by atoms with van der Waals surface area (Å²) in [5, 5.41) is 0. The third-order valence-electron chi connectivity index (χ3n) is 8.03. The third-order valence-corrected chi connectivity index (χ3v) is 8.03. The maximum atomic E-state index is 13.9. The summed E-state index contributed by atoms with van der Waals surface area (Å²) >= 11 is 0. The van der Waals surface area contributed by atoms with E-state index in [1.165, 1.54) is 12.3 Å². The number of nitrogen functional groups attached to an aromatic ring is 1. The van der Waals surface area contributed by atoms with Crippen LogP contribution in [0.5, 0.6) is 0 Å². The first-order valence-electron chi connectivity index (χ1n) is 14.8. The number of piperazine rings is 1. The predicted molar refractivity (Wildman–Crippen MR) is 157 cm³/mol. The van der Waals surface area contributed by atoms with Crippen LogP contribution < -0.4 is 15.5 Å². The normalized spacial score (nSPS) is 19.9. The molecule has 16 heteroatoms. The molecule has 3 fully saturated rings. The highest BCUT2D eigenvalue weighted by Crippen LogP contribution is 2.30. The summed E-state index contributed by atoms with van der Waals surface area (Å²) in [6.45, 7) is 10.3. The van der Waals surface area contributed by atoms with Crippen LogP contribution in [-0.4, -0.2) is 124 Å². The van der Waals surface area contributed by atoms with Crippen molar-refractivity contribution in [2.24, 2.45) is 0 Å². The third kappa shape index (κ3) is 7.35. The first kappa shape index (κ1) is 31.4. The van der Waals surface area contributed by atoms with E-state index in [0.717, 1.165) is 12.8 Å². The number of rotatable bonds is 9. The monoisotopic (exact) mass is 616 g/mol. The Morgan fingerprint density at radius 2 is 1.80 bits per heavy atom. The number of alkyl halides is 2. The van der Waals surface area contributed by atoms with Crippen LogP contribution in [0, 0.1) is 0 Å². The number of likely N-dealkylation sites (tertiary alicyclic amines) is 1. The van der Waals surface area contributed by atoms with Crippen molar-refractivity contribution in [1.82, 2.24) is 34.7 Å². The van der Waals surface area contributed by atoms with Crippen molar-refractivity contribution in [2.45, 2.75) is 44.8 Å². The number of amides is 2. The van der Waals surface area contributed by atoms with Crippen molar-refractivity contribution in [1.29, 1.82) is 0 Å². The summed E-state index contributed by atoms with van der Waals surface area (Å²) < 4.78 is 39.3. The molecule has 1 atom stereocenters. The molecular weight excluding hydrogens is 578 g/mol. The summed E-state index contributed by atoms with van der Waals surface area (Å²) in [6, 6.07) is -0.0389. The Bertz CT molecular complexity index is 1340. The van der Waals surface area contributed by atoms with E-state index in [1.54, 1.807) is 9.80 Å². The molecule has 14 nitrogen and oxygen atoms in total. The molecule has 0 saturated carbocycles. The molecular formula is C28H38F2N10O4. The predicted octanol–water partition coefficient (Wildman–Crippen LogP) is 1.31. The summed E-state index contributed by atoms with van der Waals surface area (Å²) in [7, 11) is 0. The Kier molecular flexibility index (Phi) is 10.1. The highest BCUT2D eigenvalue weighted by Gasteiger charge is 2.29. The first-order chi connectivity index (χ1) is 21.2. The molecule has 0 aliphatic carbocycles. The number of ether oxygens (including phenoxy) is 2. The lowest BCUT2D eigenvalue weighted by molar-refractivity contribution is -0.133. The minimum absolute atomic E-state index is 0.0105. The fraction of sp³-hybridized carbons (Fsp3) is 0.607. The Morgan fingerprint density at radius 3 is 2.48 bits per heavy atom. The number of anilines is 3. The molecule has 3 aliphatic heterocycles. The largest absolute Gasteiger partial charge is 0.378 e. The zero-order valence-electron chi connectivity index (χ0n) is 24.8. The van der Waals surface area contributed by atoms with Crippen LogP contribution in [0.1, 0.15) is 38.3 Å². The van der Waals surface area contributed by atoms with Crippen LogP contribution in [0.15, 0.2) is 18.9 Å². The Labute approximate surface area is 254 Å². The molecule has 5 rings (SSSR count). The molecule has 0 unspecified atom stereocenters. The van der Waals surface area contributed by atoms with Gasteiger partial charge in [-0.2, -0.15) is 15.0 Å². The second-order valence-corrected chi connectivity index (χ2v) is 10.9. The maximum Gasteiger partial charge on any atom is 0.281 e. The van der Waals surface area contributed by atoms with E-state index in [1.807, 2.05) is 16.7 Å². The first-order valence-corrected chi connectivity index (χ1v) is 14.8. The average Bonchev–Trinajstić information content (AvgIpc) is 3.04. The van der Waals surface area contributed by atoms with E-state index in [4.69, 9.17) is 20.2 Å². The Morgan fingerprint density at radius 1 is 1.07 bits per heavy atom. The van der Waals surface area contributed by atoms with E-state index < -0.39 is 12.1 Å². The zero-order valence-corrected chi connectivity index (χ0v) is 24.8. The molecule has 3 saturated heterocycles. The van der Waals surface area contributed by atoms with Crippen molar-refractivity contribution in [3.63, 3.8) is 0 Å². The van der Waals surface area contributed by atoms with Crippen LogP contribution in [0.3, 0.4) is 0 Å². The van der Waals surface area contributed by atoms with Crippen LogP contribution in [0.2, 0.25) is 0 Å². The van der Waals surface area contributed by atoms with Gasteiger partial charge in [0.15, 0.2) is 5.82 Å². The van der Waals surface area contributed by atoms with Gasteiger partial charge in [-0.25, -0.2) is 18.7 Å². The second-order valence-electron chi connectivity index (χ2n) is 10.9. The zero-order chi connectivity index (χ0) is 31.2. The molecule has 44 heavy (non-hydrogen) atoms. The van der Waals surface area contributed by atoms with Gasteiger partial charge in [0.05, 0.1) is 44.0 Å². The smallest absolute Gasteiger partial charge is 0.281 e. The van der Waals surface area contributed by atoms with Crippen LogP contribution in [0.25, 0.3) is 11.4 Å². The van der Waals surface area contributed by atoms with Gasteiger partial charge in [0.25, 0.3) is 6.43 Å². The van der Waals surface area contributed by atoms with Gasteiger partial charge in [0.1, 0.15) is 5.69 Å². The molecule has 0 spiro atoms. The molecule has 2 amide bonds. The number of nitrogens with two attached hydrogens (primary N) is 1. The number of halogens is 2. The lowest BCUT2D eigenvalue weighted by Crippen LogP contribution is -2.50. The molecule has 2 aromatic rings. The molecule has 2 N–H and O–H groups in total. The number of carbonyl (C=O) groups is 2. The topological polar surface area (TPSA) is 156 Å². The van der Waals surface area contributed by atoms with Gasteiger partial charge in [0.2, 0.25) is 29.7 Å². The fourth-order valence-corrected chi connectivity index (χ4v) is 5.52. The second kappa shape index (κ2) is 14.2. The number of morpholine rings is 1. The van der Waals surface area contributed by atoms with Crippen molar-refractivity contribution in [3.8, 4) is 11.4 Å². The van der Waals surface area contributed by atoms with Gasteiger partial charge in [-0.05, 0) is 25.8 Å². The van der Waals surface area contributed by atoms with Crippen molar-refractivity contribution < 1.29 is 27.8 Å². The average molecular weight is 617 g/mol. The molecule has 2 aromatic heterocycles. The van der Waals surface area contributed by atoms with E-state index >= 15 is 0 Å². The number of nitrogens with zero attached hydrogens (tertiary/aromatic N) is 9. The molecule has 3 aliphatic rings. The summed E-state index contributed by atoms with van der Waals surface area (Å²) in [4.78, 5) is 53.5. The van der Waals surface area contributed by atoms with Gasteiger partial charge in [-0.3, -0.25) is 9.59 Å². The number of aromatic nitrogens is 5. The molecule has 0 aromatic carbocycles. The standard InChI is InChI=1S/C28H38F2N10O4/c1-3-21(41)37-7-4-19(5-8-37)44-14-6-22(42)38-9-11-39(12-10-38)27-34-25(20-16-32-26(31)33-23(20)24(29)30)35-28(36-27)40-13-15-43-17-18(40)2/h3,16,18-19,24H,1,4-15,17H2,2H3,(H2,31,32,33)/t18-/m0/s1. The SMILES string of the molecule is C=CC(=O)N1CCC(OCCC(=O)N2CCN(c3nc(-c4cnc(N)nc4C(F)F)nc(N4CCOC[C@@H]4C)n3)CC2)CC1. The van der Waals surface area contributed by atoms with Gasteiger partial charge in [-0.15, -0.1) is 0 Å². The van der Waals surface area contributed by atoms with Crippen molar-refractivity contribution >= 4 is 29.7 Å². The van der Waals surface area contributed by atoms with Crippen molar-refractivity contribution in [3.05, 3.63) is 24.5 Å². The Balaban J connectivity index is 1.23. The maximum absolute atomic E-state index is 13.9. The number of carbonyl (C=O) groups excluding carboxylic acids is 2. The minimum Gasteiger partial charge on any atom is -0.378 e. The lowest BCUT2D eigenvalue weighted by Gasteiger charge is -2.36. The number of hydrogen-bond donors (Lipinski definition) is 1. The lowest BCUT2D eigenvalue weighted by atomic mass is 10.1. The molecule has 0 radical (unpaired) electrons. The Hall–Kier alpha value is -4.05. The number of hydrogen-bond acceptors (Lipinski definition) is 12. The van der Waals surface area contributed by atoms with E-state index in [0.29, 0.717) is 77.5 Å². The van der Waals surface area contributed by atoms with Gasteiger partial charge in [-0.1, -0.05) is 6.58 Å².